The average molecular weight is 272 g/mol. The molecule has 2 aliphatic heterocycles. The molecular weight excluding hydrogens is 252 g/mol. The Morgan fingerprint density at radius 3 is 2.83 bits per heavy atom. The molecule has 0 radical (unpaired) electrons. The number of amidine groups is 1. The Hall–Kier alpha value is -0.750. The summed E-state index contributed by atoms with van der Waals surface area (Å²) in [6.07, 6.45) is -0.0318. The molecule has 5 atom stereocenters. The number of aliphatic imine (C=N–C) groups is 1. The van der Waals surface area contributed by atoms with Gasteiger partial charge in [0.25, 0.3) is 0 Å². The molecule has 0 spiro atoms. The van der Waals surface area contributed by atoms with Gasteiger partial charge in [-0.3, -0.25) is 9.79 Å². The third-order valence-electron chi connectivity index (χ3n) is 3.76. The summed E-state index contributed by atoms with van der Waals surface area (Å²) < 4.78 is 11.1. The first-order valence-electron chi connectivity index (χ1n) is 6.21. The Bertz CT molecular complexity index is 361. The quantitative estimate of drug-likeness (QED) is 0.766. The standard InChI is InChI=1S/C12H20N2O3S/c1-6-7(2)10-11(18-12(13-4)14-10)17-9(6)5-16-8(3)15/h6-7,9-11H,5H2,1-4H3,(H,13,14)/t6-,7-,9+,10?,11?/m0/s1. The Morgan fingerprint density at radius 1 is 1.50 bits per heavy atom. The topological polar surface area (TPSA) is 59.9 Å². The number of esters is 1. The van der Waals surface area contributed by atoms with E-state index in [2.05, 4.69) is 24.2 Å². The van der Waals surface area contributed by atoms with Crippen LogP contribution >= 0.6 is 11.8 Å². The summed E-state index contributed by atoms with van der Waals surface area (Å²) in [4.78, 5) is 15.1. The maximum atomic E-state index is 10.9. The van der Waals surface area contributed by atoms with Gasteiger partial charge in [0.1, 0.15) is 12.0 Å². The van der Waals surface area contributed by atoms with Gasteiger partial charge in [-0.2, -0.15) is 0 Å². The second-order valence-electron chi connectivity index (χ2n) is 4.88. The van der Waals surface area contributed by atoms with Crippen molar-refractivity contribution < 1.29 is 14.3 Å². The lowest BCUT2D eigenvalue weighted by molar-refractivity contribution is -0.153. The number of nitrogens with one attached hydrogen (secondary N) is 1. The minimum atomic E-state index is -0.256. The molecule has 18 heavy (non-hydrogen) atoms. The number of rotatable bonds is 2. The summed E-state index contributed by atoms with van der Waals surface area (Å²) in [6.45, 7) is 6.11. The zero-order valence-electron chi connectivity index (χ0n) is 11.2. The molecule has 0 aromatic rings. The molecule has 5 nitrogen and oxygen atoms in total. The third kappa shape index (κ3) is 2.64. The van der Waals surface area contributed by atoms with Crippen LogP contribution in [0.3, 0.4) is 0 Å². The fraction of sp³-hybridized carbons (Fsp3) is 0.833. The van der Waals surface area contributed by atoms with Crippen LogP contribution in [0.25, 0.3) is 0 Å². The molecule has 6 heteroatoms. The summed E-state index contributed by atoms with van der Waals surface area (Å²) in [5.74, 6) is 0.541. The lowest BCUT2D eigenvalue weighted by Crippen LogP contribution is -2.51. The van der Waals surface area contributed by atoms with E-state index < -0.39 is 0 Å². The van der Waals surface area contributed by atoms with Crippen molar-refractivity contribution in [1.82, 2.24) is 5.32 Å². The molecule has 2 heterocycles. The van der Waals surface area contributed by atoms with Crippen LogP contribution in [0.4, 0.5) is 0 Å². The lowest BCUT2D eigenvalue weighted by atomic mass is 9.83. The third-order valence-corrected chi connectivity index (χ3v) is 4.92. The summed E-state index contributed by atoms with van der Waals surface area (Å²) in [7, 11) is 1.77. The highest BCUT2D eigenvalue weighted by Crippen LogP contribution is 2.39. The van der Waals surface area contributed by atoms with Crippen LogP contribution in [0, 0.1) is 11.8 Å². The first-order valence-corrected chi connectivity index (χ1v) is 7.09. The number of fused-ring (bicyclic) bond motifs is 1. The number of nitrogens with zero attached hydrogens (tertiary/aromatic N) is 1. The maximum absolute atomic E-state index is 10.9. The Balaban J connectivity index is 2.02. The molecule has 0 aliphatic carbocycles. The number of carbonyl (C=O) groups is 1. The lowest BCUT2D eigenvalue weighted by Gasteiger charge is -2.40. The van der Waals surface area contributed by atoms with Crippen molar-refractivity contribution in [3.63, 3.8) is 0 Å². The maximum Gasteiger partial charge on any atom is 0.302 e. The van der Waals surface area contributed by atoms with E-state index in [9.17, 15) is 4.79 Å². The average Bonchev–Trinajstić information content (AvgIpc) is 2.75. The number of hydrogen-bond acceptors (Lipinski definition) is 5. The van der Waals surface area contributed by atoms with Crippen molar-refractivity contribution >= 4 is 22.9 Å². The molecule has 0 saturated carbocycles. The van der Waals surface area contributed by atoms with E-state index in [1.54, 1.807) is 18.8 Å². The normalized spacial score (nSPS) is 41.3. The van der Waals surface area contributed by atoms with Gasteiger partial charge in [0.2, 0.25) is 0 Å². The monoisotopic (exact) mass is 272 g/mol. The summed E-state index contributed by atoms with van der Waals surface area (Å²) >= 11 is 1.61. The summed E-state index contributed by atoms with van der Waals surface area (Å²) in [5, 5.41) is 4.32. The van der Waals surface area contributed by atoms with E-state index in [4.69, 9.17) is 9.47 Å². The van der Waals surface area contributed by atoms with E-state index >= 15 is 0 Å². The number of thioether (sulfide) groups is 1. The molecule has 2 aliphatic rings. The first kappa shape index (κ1) is 13.7. The first-order chi connectivity index (χ1) is 8.52. The van der Waals surface area contributed by atoms with Crippen molar-refractivity contribution in [2.24, 2.45) is 16.8 Å². The second kappa shape index (κ2) is 5.48. The van der Waals surface area contributed by atoms with E-state index in [-0.39, 0.29) is 23.6 Å². The van der Waals surface area contributed by atoms with E-state index in [1.165, 1.54) is 6.92 Å². The van der Waals surface area contributed by atoms with Gasteiger partial charge in [-0.25, -0.2) is 0 Å². The smallest absolute Gasteiger partial charge is 0.302 e. The highest BCUT2D eigenvalue weighted by atomic mass is 32.2. The van der Waals surface area contributed by atoms with E-state index in [0.29, 0.717) is 18.4 Å². The molecular formula is C12H20N2O3S. The zero-order chi connectivity index (χ0) is 13.3. The largest absolute Gasteiger partial charge is 0.463 e. The predicted molar refractivity (Wildman–Crippen MR) is 71.5 cm³/mol. The van der Waals surface area contributed by atoms with Crippen molar-refractivity contribution in [3.05, 3.63) is 0 Å². The molecule has 102 valence electrons. The SMILES string of the molecule is CN=C1NC2C(O[C@H](COC(C)=O)[C@@H](C)[C@@H]2C)S1. The molecule has 2 fully saturated rings. The van der Waals surface area contributed by atoms with Crippen LogP contribution in [0.2, 0.25) is 0 Å². The van der Waals surface area contributed by atoms with Gasteiger partial charge >= 0.3 is 5.97 Å². The number of carbonyl (C=O) groups excluding carboxylic acids is 1. The van der Waals surface area contributed by atoms with Gasteiger partial charge in [0.05, 0.1) is 12.1 Å². The van der Waals surface area contributed by atoms with E-state index in [0.717, 1.165) is 5.17 Å². The molecule has 2 unspecified atom stereocenters. The molecule has 0 bridgehead atoms. The van der Waals surface area contributed by atoms with Gasteiger partial charge in [0.15, 0.2) is 5.17 Å². The fourth-order valence-electron chi connectivity index (χ4n) is 2.39. The van der Waals surface area contributed by atoms with Crippen LogP contribution in [0.5, 0.6) is 0 Å². The molecule has 1 N–H and O–H groups in total. The van der Waals surface area contributed by atoms with Gasteiger partial charge in [-0.15, -0.1) is 0 Å². The Labute approximate surface area is 112 Å². The van der Waals surface area contributed by atoms with Crippen LogP contribution in [-0.2, 0) is 14.3 Å². The van der Waals surface area contributed by atoms with Crippen molar-refractivity contribution in [2.45, 2.75) is 38.4 Å². The van der Waals surface area contributed by atoms with Crippen LogP contribution in [0.15, 0.2) is 4.99 Å². The van der Waals surface area contributed by atoms with Gasteiger partial charge in [-0.1, -0.05) is 25.6 Å². The van der Waals surface area contributed by atoms with Crippen molar-refractivity contribution in [1.29, 1.82) is 0 Å². The molecule has 2 rings (SSSR count). The zero-order valence-corrected chi connectivity index (χ0v) is 12.0. The second-order valence-corrected chi connectivity index (χ2v) is 5.97. The minimum Gasteiger partial charge on any atom is -0.463 e. The molecule has 0 amide bonds. The predicted octanol–water partition coefficient (Wildman–Crippen LogP) is 1.24. The van der Waals surface area contributed by atoms with Gasteiger partial charge < -0.3 is 14.8 Å². The highest BCUT2D eigenvalue weighted by molar-refractivity contribution is 8.14. The molecule has 0 aromatic heterocycles. The van der Waals surface area contributed by atoms with Crippen LogP contribution < -0.4 is 5.32 Å². The van der Waals surface area contributed by atoms with Crippen LogP contribution in [-0.4, -0.2) is 42.4 Å². The number of ether oxygens (including phenoxy) is 2. The summed E-state index contributed by atoms with van der Waals surface area (Å²) in [6, 6.07) is 0.289. The highest BCUT2D eigenvalue weighted by Gasteiger charge is 2.46. The van der Waals surface area contributed by atoms with Gasteiger partial charge in [-0.05, 0) is 11.8 Å². The van der Waals surface area contributed by atoms with Crippen molar-refractivity contribution in [3.8, 4) is 0 Å². The van der Waals surface area contributed by atoms with Crippen molar-refractivity contribution in [2.75, 3.05) is 13.7 Å². The van der Waals surface area contributed by atoms with Crippen LogP contribution in [0.1, 0.15) is 20.8 Å². The fourth-order valence-corrected chi connectivity index (χ4v) is 3.58. The van der Waals surface area contributed by atoms with E-state index in [1.807, 2.05) is 0 Å². The summed E-state index contributed by atoms with van der Waals surface area (Å²) in [5.41, 5.74) is 0.0652. The minimum absolute atomic E-state index is 0.0318. The number of hydrogen-bond donors (Lipinski definition) is 1. The molecule has 2 saturated heterocycles. The Morgan fingerprint density at radius 2 is 2.22 bits per heavy atom. The Kier molecular flexibility index (Phi) is 4.17. The molecule has 0 aromatic carbocycles. The van der Waals surface area contributed by atoms with Gasteiger partial charge in [0, 0.05) is 14.0 Å².